The van der Waals surface area contributed by atoms with Crippen LogP contribution in [0.1, 0.15) is 0 Å². The summed E-state index contributed by atoms with van der Waals surface area (Å²) in [6.45, 7) is 0. The van der Waals surface area contributed by atoms with Gasteiger partial charge in [-0.15, -0.1) is 0 Å². The first-order valence-corrected chi connectivity index (χ1v) is 19.4. The van der Waals surface area contributed by atoms with E-state index in [9.17, 15) is 4.21 Å². The molecule has 0 N–H and O–H groups in total. The zero-order valence-corrected chi connectivity index (χ0v) is 29.4. The fraction of sp³-hybridized carbons (Fsp3) is 0. The summed E-state index contributed by atoms with van der Waals surface area (Å²) < 4.78 is 24.6. The van der Waals surface area contributed by atoms with E-state index in [1.165, 1.54) is 43.7 Å². The van der Waals surface area contributed by atoms with Crippen molar-refractivity contribution < 1.29 is 4.21 Å². The Morgan fingerprint density at radius 3 is 1.58 bits per heavy atom. The van der Waals surface area contributed by atoms with Gasteiger partial charge in [-0.05, 0) is 90.0 Å². The minimum atomic E-state index is -2.88. The Hall–Kier alpha value is -6.69. The summed E-state index contributed by atoms with van der Waals surface area (Å²) in [5.74, 6) is 0. The molecule has 0 saturated heterocycles. The van der Waals surface area contributed by atoms with Crippen molar-refractivity contribution in [1.29, 1.82) is 0 Å². The highest BCUT2D eigenvalue weighted by atomic mass is 32.2. The normalized spacial score (nSPS) is 15.1. The highest BCUT2D eigenvalue weighted by molar-refractivity contribution is 7.94. The van der Waals surface area contributed by atoms with E-state index >= 15 is 0 Å². The molecule has 0 amide bonds. The van der Waals surface area contributed by atoms with Crippen LogP contribution in [0.15, 0.2) is 202 Å². The molecule has 1 aliphatic heterocycles. The van der Waals surface area contributed by atoms with E-state index in [4.69, 9.17) is 4.36 Å². The lowest BCUT2D eigenvalue weighted by Crippen LogP contribution is -2.07. The van der Waals surface area contributed by atoms with Gasteiger partial charge in [0.05, 0.1) is 37.5 Å². The quantitative estimate of drug-likeness (QED) is 0.180. The molecular weight excluding hydrogens is 667 g/mol. The summed E-state index contributed by atoms with van der Waals surface area (Å²) in [5, 5.41) is 4.83. The zero-order chi connectivity index (χ0) is 35.1. The Morgan fingerprint density at radius 2 is 0.925 bits per heavy atom. The summed E-state index contributed by atoms with van der Waals surface area (Å²) in [4.78, 5) is 1.48. The maximum absolute atomic E-state index is 14.8. The number of hydrogen-bond donors (Lipinski definition) is 0. The van der Waals surface area contributed by atoms with Crippen LogP contribution in [-0.4, -0.2) is 13.3 Å². The van der Waals surface area contributed by atoms with Gasteiger partial charge >= 0.3 is 0 Å². The smallest absolute Gasteiger partial charge is 0.109 e. The minimum Gasteiger partial charge on any atom is -0.309 e. The van der Waals surface area contributed by atoms with Crippen molar-refractivity contribution in [3.63, 3.8) is 0 Å². The Labute approximate surface area is 307 Å². The maximum Gasteiger partial charge on any atom is 0.109 e. The van der Waals surface area contributed by atoms with Crippen LogP contribution in [0.5, 0.6) is 0 Å². The van der Waals surface area contributed by atoms with Crippen LogP contribution in [0.25, 0.3) is 77.2 Å². The predicted molar refractivity (Wildman–Crippen MR) is 219 cm³/mol. The molecule has 8 aromatic carbocycles. The highest BCUT2D eigenvalue weighted by Gasteiger charge is 2.27. The molecule has 1 atom stereocenters. The second-order valence-electron chi connectivity index (χ2n) is 13.6. The van der Waals surface area contributed by atoms with E-state index in [0.717, 1.165) is 49.0 Å². The van der Waals surface area contributed by atoms with Gasteiger partial charge in [0.15, 0.2) is 0 Å². The monoisotopic (exact) mass is 697 g/mol. The molecule has 53 heavy (non-hydrogen) atoms. The lowest BCUT2D eigenvalue weighted by atomic mass is 10.0. The van der Waals surface area contributed by atoms with Crippen LogP contribution in [-0.2, 0) is 9.73 Å². The van der Waals surface area contributed by atoms with Crippen molar-refractivity contribution in [3.8, 4) is 33.6 Å². The van der Waals surface area contributed by atoms with Crippen LogP contribution < -0.4 is 0 Å². The maximum atomic E-state index is 14.8. The number of fused-ring (bicyclic) bond motifs is 9. The summed E-state index contributed by atoms with van der Waals surface area (Å²) in [5.41, 5.74) is 11.8. The van der Waals surface area contributed by atoms with Crippen LogP contribution in [0.3, 0.4) is 0 Å². The standard InChI is InChI=1S/C48H31N3OS/c52-53(36-15-5-2-6-16-36)48-22-12-9-19-40(48)37-26-25-35(31-43(37)49-53)51-45-21-11-8-18-39(45)42-30-33(24-28-47(42)51)32-23-27-46-41(29-32)38-17-7-10-20-44(38)50(46)34-13-3-1-4-14-34/h1-31H. The van der Waals surface area contributed by atoms with Crippen molar-refractivity contribution in [2.75, 3.05) is 0 Å². The third kappa shape index (κ3) is 4.44. The summed E-state index contributed by atoms with van der Waals surface area (Å²) in [6, 6.07) is 65.5. The van der Waals surface area contributed by atoms with Gasteiger partial charge in [0.25, 0.3) is 0 Å². The molecule has 5 heteroatoms. The van der Waals surface area contributed by atoms with E-state index < -0.39 is 9.73 Å². The number of aromatic nitrogens is 2. The van der Waals surface area contributed by atoms with E-state index in [2.05, 4.69) is 149 Å². The third-order valence-electron chi connectivity index (χ3n) is 10.7. The van der Waals surface area contributed by atoms with Gasteiger partial charge in [-0.3, -0.25) is 0 Å². The van der Waals surface area contributed by atoms with Crippen molar-refractivity contribution in [3.05, 3.63) is 188 Å². The van der Waals surface area contributed by atoms with Crippen molar-refractivity contribution >= 4 is 59.0 Å². The molecule has 11 rings (SSSR count). The van der Waals surface area contributed by atoms with E-state index in [1.807, 2.05) is 48.5 Å². The average Bonchev–Trinajstić information content (AvgIpc) is 3.73. The molecule has 0 aliphatic carbocycles. The molecule has 0 spiro atoms. The topological polar surface area (TPSA) is 39.3 Å². The molecular formula is C48H31N3OS. The Kier molecular flexibility index (Phi) is 6.45. The molecule has 250 valence electrons. The van der Waals surface area contributed by atoms with Gasteiger partial charge < -0.3 is 9.13 Å². The molecule has 1 aliphatic rings. The van der Waals surface area contributed by atoms with Crippen LogP contribution >= 0.6 is 0 Å². The van der Waals surface area contributed by atoms with Crippen LogP contribution in [0.2, 0.25) is 0 Å². The van der Waals surface area contributed by atoms with Crippen molar-refractivity contribution in [2.45, 2.75) is 9.79 Å². The third-order valence-corrected chi connectivity index (χ3v) is 13.0. The first-order chi connectivity index (χ1) is 26.2. The Balaban J connectivity index is 1.09. The molecule has 0 saturated carbocycles. The van der Waals surface area contributed by atoms with Crippen LogP contribution in [0.4, 0.5) is 5.69 Å². The van der Waals surface area contributed by atoms with Gasteiger partial charge in [-0.25, -0.2) is 4.21 Å². The number of nitrogens with zero attached hydrogens (tertiary/aromatic N) is 3. The summed E-state index contributed by atoms with van der Waals surface area (Å²) >= 11 is 0. The van der Waals surface area contributed by atoms with E-state index in [0.29, 0.717) is 0 Å². The fourth-order valence-electron chi connectivity index (χ4n) is 8.30. The Morgan fingerprint density at radius 1 is 0.396 bits per heavy atom. The molecule has 0 bridgehead atoms. The molecule has 0 fully saturated rings. The fourth-order valence-corrected chi connectivity index (χ4v) is 10.5. The van der Waals surface area contributed by atoms with Gasteiger partial charge in [0.1, 0.15) is 9.73 Å². The van der Waals surface area contributed by atoms with Gasteiger partial charge in [0.2, 0.25) is 0 Å². The molecule has 1 unspecified atom stereocenters. The number of benzene rings is 8. The predicted octanol–water partition coefficient (Wildman–Crippen LogP) is 12.7. The molecule has 0 radical (unpaired) electrons. The number of rotatable bonds is 4. The lowest BCUT2D eigenvalue weighted by molar-refractivity contribution is 0.676. The largest absolute Gasteiger partial charge is 0.309 e. The lowest BCUT2D eigenvalue weighted by Gasteiger charge is -2.22. The van der Waals surface area contributed by atoms with E-state index in [1.54, 1.807) is 0 Å². The Bertz CT molecular complexity index is 3220. The summed E-state index contributed by atoms with van der Waals surface area (Å²) in [7, 11) is -2.88. The van der Waals surface area contributed by atoms with E-state index in [-0.39, 0.29) is 0 Å². The van der Waals surface area contributed by atoms with Crippen molar-refractivity contribution in [1.82, 2.24) is 9.13 Å². The second-order valence-corrected chi connectivity index (χ2v) is 15.8. The summed E-state index contributed by atoms with van der Waals surface area (Å²) in [6.07, 6.45) is 0. The highest BCUT2D eigenvalue weighted by Crippen LogP contribution is 2.46. The number of hydrogen-bond acceptors (Lipinski definition) is 2. The van der Waals surface area contributed by atoms with Gasteiger partial charge in [-0.2, -0.15) is 4.36 Å². The number of para-hydroxylation sites is 3. The van der Waals surface area contributed by atoms with Crippen molar-refractivity contribution in [2.24, 2.45) is 4.36 Å². The van der Waals surface area contributed by atoms with Crippen LogP contribution in [0, 0.1) is 0 Å². The first kappa shape index (κ1) is 30.0. The molecule has 3 heterocycles. The zero-order valence-electron chi connectivity index (χ0n) is 28.6. The second kappa shape index (κ2) is 11.4. The van der Waals surface area contributed by atoms with Gasteiger partial charge in [0, 0.05) is 44.0 Å². The molecule has 4 nitrogen and oxygen atoms in total. The SMILES string of the molecule is O=S1(c2ccccc2)=Nc2cc(-n3c4ccccc4c4cc(-c5ccc6c(c5)c5ccccc5n6-c5ccccc5)ccc43)ccc2-c2ccccc21. The first-order valence-electron chi connectivity index (χ1n) is 17.8. The molecule has 10 aromatic rings. The minimum absolute atomic E-state index is 0.718. The molecule has 2 aromatic heterocycles. The van der Waals surface area contributed by atoms with Gasteiger partial charge in [-0.1, -0.05) is 109 Å². The average molecular weight is 698 g/mol.